The molecule has 5 nitrogen and oxygen atoms in total. The third kappa shape index (κ3) is 3.31. The standard InChI is InChI=1S/C13H17ClN2O3S/c1-11(17)15-6-3-7-16(9-8-15)20(18,19)13-5-2-4-12(14)10-13/h2,4-5,10H,3,6-9H2,1H3. The Kier molecular flexibility index (Phi) is 4.67. The lowest BCUT2D eigenvalue weighted by Gasteiger charge is -2.21. The van der Waals surface area contributed by atoms with Gasteiger partial charge in [-0.1, -0.05) is 17.7 Å². The van der Waals surface area contributed by atoms with Crippen molar-refractivity contribution in [3.63, 3.8) is 0 Å². The molecule has 0 spiro atoms. The van der Waals surface area contributed by atoms with Crippen LogP contribution in [0, 0.1) is 0 Å². The van der Waals surface area contributed by atoms with Crippen molar-refractivity contribution in [3.8, 4) is 0 Å². The average Bonchev–Trinajstić information content (AvgIpc) is 2.64. The first kappa shape index (κ1) is 15.3. The summed E-state index contributed by atoms with van der Waals surface area (Å²) >= 11 is 5.85. The Morgan fingerprint density at radius 3 is 2.60 bits per heavy atom. The minimum Gasteiger partial charge on any atom is -0.342 e. The molecule has 110 valence electrons. The summed E-state index contributed by atoms with van der Waals surface area (Å²) in [6.07, 6.45) is 0.638. The highest BCUT2D eigenvalue weighted by atomic mass is 35.5. The summed E-state index contributed by atoms with van der Waals surface area (Å²) < 4.78 is 26.5. The summed E-state index contributed by atoms with van der Waals surface area (Å²) in [4.78, 5) is 13.2. The van der Waals surface area contributed by atoms with Crippen molar-refractivity contribution < 1.29 is 13.2 Å². The van der Waals surface area contributed by atoms with Gasteiger partial charge in [0.05, 0.1) is 4.90 Å². The number of amides is 1. The van der Waals surface area contributed by atoms with Gasteiger partial charge < -0.3 is 4.90 Å². The highest BCUT2D eigenvalue weighted by molar-refractivity contribution is 7.89. The molecule has 1 aromatic rings. The monoisotopic (exact) mass is 316 g/mol. The molecule has 0 atom stereocenters. The van der Waals surface area contributed by atoms with Gasteiger partial charge in [0.25, 0.3) is 0 Å². The predicted molar refractivity (Wildman–Crippen MR) is 77.1 cm³/mol. The van der Waals surface area contributed by atoms with Crippen LogP contribution < -0.4 is 0 Å². The molecule has 1 saturated heterocycles. The van der Waals surface area contributed by atoms with Gasteiger partial charge in [-0.3, -0.25) is 4.79 Å². The highest BCUT2D eigenvalue weighted by Crippen LogP contribution is 2.20. The second kappa shape index (κ2) is 6.11. The van der Waals surface area contributed by atoms with E-state index in [1.54, 1.807) is 17.0 Å². The fourth-order valence-electron chi connectivity index (χ4n) is 2.23. The van der Waals surface area contributed by atoms with Gasteiger partial charge in [-0.25, -0.2) is 8.42 Å². The summed E-state index contributed by atoms with van der Waals surface area (Å²) in [6, 6.07) is 6.24. The molecule has 1 aliphatic rings. The first-order chi connectivity index (χ1) is 9.41. The molecule has 1 fully saturated rings. The molecule has 1 amide bonds. The molecular formula is C13H17ClN2O3S. The van der Waals surface area contributed by atoms with E-state index < -0.39 is 10.0 Å². The average molecular weight is 317 g/mol. The molecule has 1 aliphatic heterocycles. The molecule has 7 heteroatoms. The molecule has 1 aromatic carbocycles. The fraction of sp³-hybridized carbons (Fsp3) is 0.462. The molecule has 20 heavy (non-hydrogen) atoms. The number of nitrogens with zero attached hydrogens (tertiary/aromatic N) is 2. The van der Waals surface area contributed by atoms with Gasteiger partial charge in [0.2, 0.25) is 15.9 Å². The van der Waals surface area contributed by atoms with Gasteiger partial charge >= 0.3 is 0 Å². The summed E-state index contributed by atoms with van der Waals surface area (Å²) in [5.41, 5.74) is 0. The van der Waals surface area contributed by atoms with E-state index in [4.69, 9.17) is 11.6 Å². The molecule has 0 unspecified atom stereocenters. The Balaban J connectivity index is 2.20. The largest absolute Gasteiger partial charge is 0.342 e. The van der Waals surface area contributed by atoms with E-state index in [1.807, 2.05) is 0 Å². The number of rotatable bonds is 2. The fourth-order valence-corrected chi connectivity index (χ4v) is 4.00. The van der Waals surface area contributed by atoms with Crippen molar-refractivity contribution in [2.75, 3.05) is 26.2 Å². The minimum atomic E-state index is -3.55. The highest BCUT2D eigenvalue weighted by Gasteiger charge is 2.27. The second-order valence-corrected chi connectivity index (χ2v) is 7.10. The zero-order valence-corrected chi connectivity index (χ0v) is 12.8. The van der Waals surface area contributed by atoms with Crippen LogP contribution in [0.25, 0.3) is 0 Å². The molecule has 0 bridgehead atoms. The van der Waals surface area contributed by atoms with E-state index in [0.717, 1.165) is 0 Å². The molecule has 0 aliphatic carbocycles. The normalized spacial score (nSPS) is 17.8. The number of carbonyl (C=O) groups excluding carboxylic acids is 1. The van der Waals surface area contributed by atoms with Crippen LogP contribution >= 0.6 is 11.6 Å². The number of hydrogen-bond acceptors (Lipinski definition) is 3. The lowest BCUT2D eigenvalue weighted by atomic mass is 10.4. The number of hydrogen-bond donors (Lipinski definition) is 0. The Labute approximate surface area is 124 Å². The zero-order valence-electron chi connectivity index (χ0n) is 11.3. The van der Waals surface area contributed by atoms with Gasteiger partial charge in [0.15, 0.2) is 0 Å². The Morgan fingerprint density at radius 1 is 1.20 bits per heavy atom. The van der Waals surface area contributed by atoms with E-state index >= 15 is 0 Å². The minimum absolute atomic E-state index is 0.0213. The Morgan fingerprint density at radius 2 is 1.95 bits per heavy atom. The number of carbonyl (C=O) groups is 1. The summed E-state index contributed by atoms with van der Waals surface area (Å²) in [7, 11) is -3.55. The van der Waals surface area contributed by atoms with E-state index in [0.29, 0.717) is 37.6 Å². The van der Waals surface area contributed by atoms with Crippen LogP contribution in [0.5, 0.6) is 0 Å². The van der Waals surface area contributed by atoms with Gasteiger partial charge in [-0.15, -0.1) is 0 Å². The summed E-state index contributed by atoms with van der Waals surface area (Å²) in [5.74, 6) is -0.0213. The number of halogens is 1. The predicted octanol–water partition coefficient (Wildman–Crippen LogP) is 1.58. The molecule has 0 aromatic heterocycles. The quantitative estimate of drug-likeness (QED) is 0.832. The maximum absolute atomic E-state index is 12.5. The third-order valence-electron chi connectivity index (χ3n) is 3.33. The maximum atomic E-state index is 12.5. The van der Waals surface area contributed by atoms with Crippen LogP contribution in [-0.4, -0.2) is 49.7 Å². The summed E-state index contributed by atoms with van der Waals surface area (Å²) in [5, 5.41) is 0.395. The van der Waals surface area contributed by atoms with Crippen molar-refractivity contribution in [3.05, 3.63) is 29.3 Å². The van der Waals surface area contributed by atoms with Crippen LogP contribution in [0.3, 0.4) is 0 Å². The van der Waals surface area contributed by atoms with Gasteiger partial charge in [0, 0.05) is 38.1 Å². The van der Waals surface area contributed by atoms with Crippen LogP contribution in [0.15, 0.2) is 29.2 Å². The molecular weight excluding hydrogens is 300 g/mol. The van der Waals surface area contributed by atoms with Crippen molar-refractivity contribution in [2.45, 2.75) is 18.2 Å². The van der Waals surface area contributed by atoms with E-state index in [1.165, 1.54) is 23.4 Å². The molecule has 0 saturated carbocycles. The van der Waals surface area contributed by atoms with Gasteiger partial charge in [-0.05, 0) is 24.6 Å². The Bertz CT molecular complexity index is 603. The lowest BCUT2D eigenvalue weighted by Crippen LogP contribution is -2.36. The lowest BCUT2D eigenvalue weighted by molar-refractivity contribution is -0.128. The van der Waals surface area contributed by atoms with Crippen LogP contribution in [0.1, 0.15) is 13.3 Å². The maximum Gasteiger partial charge on any atom is 0.243 e. The number of benzene rings is 1. The van der Waals surface area contributed by atoms with Crippen LogP contribution in [0.2, 0.25) is 5.02 Å². The molecule has 1 heterocycles. The topological polar surface area (TPSA) is 57.7 Å². The zero-order chi connectivity index (χ0) is 14.8. The SMILES string of the molecule is CC(=O)N1CCCN(S(=O)(=O)c2cccc(Cl)c2)CC1. The van der Waals surface area contributed by atoms with Crippen molar-refractivity contribution in [1.82, 2.24) is 9.21 Å². The van der Waals surface area contributed by atoms with Crippen LogP contribution in [-0.2, 0) is 14.8 Å². The van der Waals surface area contributed by atoms with Gasteiger partial charge in [-0.2, -0.15) is 4.31 Å². The first-order valence-corrected chi connectivity index (χ1v) is 8.24. The first-order valence-electron chi connectivity index (χ1n) is 6.42. The molecule has 0 radical (unpaired) electrons. The van der Waals surface area contributed by atoms with Crippen molar-refractivity contribution in [2.24, 2.45) is 0 Å². The molecule has 2 rings (SSSR count). The smallest absolute Gasteiger partial charge is 0.243 e. The third-order valence-corrected chi connectivity index (χ3v) is 5.46. The van der Waals surface area contributed by atoms with Gasteiger partial charge in [0.1, 0.15) is 0 Å². The van der Waals surface area contributed by atoms with E-state index in [9.17, 15) is 13.2 Å². The number of sulfonamides is 1. The molecule has 0 N–H and O–H groups in total. The van der Waals surface area contributed by atoms with Crippen molar-refractivity contribution in [1.29, 1.82) is 0 Å². The summed E-state index contributed by atoms with van der Waals surface area (Å²) in [6.45, 7) is 3.25. The van der Waals surface area contributed by atoms with Crippen LogP contribution in [0.4, 0.5) is 0 Å². The van der Waals surface area contributed by atoms with Crippen molar-refractivity contribution >= 4 is 27.5 Å². The van der Waals surface area contributed by atoms with E-state index in [-0.39, 0.29) is 10.8 Å². The second-order valence-electron chi connectivity index (χ2n) is 4.72. The Hall–Kier alpha value is -1.11. The van der Waals surface area contributed by atoms with E-state index in [2.05, 4.69) is 0 Å².